The second kappa shape index (κ2) is 2.07. The first kappa shape index (κ1) is 6.38. The fourth-order valence-electron chi connectivity index (χ4n) is 1.96. The summed E-state index contributed by atoms with van der Waals surface area (Å²) in [6.07, 6.45) is 2.08. The van der Waals surface area contributed by atoms with E-state index in [0.717, 1.165) is 18.7 Å². The Morgan fingerprint density at radius 1 is 1.40 bits per heavy atom. The maximum absolute atomic E-state index is 9.49. The summed E-state index contributed by atoms with van der Waals surface area (Å²) in [6, 6.07) is 0. The van der Waals surface area contributed by atoms with Crippen molar-refractivity contribution in [3.05, 3.63) is 12.2 Å². The molecule has 2 heteroatoms. The van der Waals surface area contributed by atoms with Gasteiger partial charge in [0.15, 0.2) is 0 Å². The Balaban J connectivity index is 2.20. The first-order chi connectivity index (χ1) is 4.79. The van der Waals surface area contributed by atoms with Crippen molar-refractivity contribution in [2.75, 3.05) is 13.1 Å². The minimum absolute atomic E-state index is 0.326. The lowest BCUT2D eigenvalue weighted by Crippen LogP contribution is -2.49. The minimum atomic E-state index is -0.326. The second-order valence-electron chi connectivity index (χ2n) is 3.26. The zero-order chi connectivity index (χ0) is 7.14. The molecule has 3 aliphatic heterocycles. The van der Waals surface area contributed by atoms with Crippen LogP contribution in [0.4, 0.5) is 0 Å². The van der Waals surface area contributed by atoms with E-state index in [1.54, 1.807) is 0 Å². The molecule has 2 bridgehead atoms. The van der Waals surface area contributed by atoms with Crippen molar-refractivity contribution < 1.29 is 5.11 Å². The second-order valence-corrected chi connectivity index (χ2v) is 3.26. The van der Waals surface area contributed by atoms with Gasteiger partial charge in [-0.15, -0.1) is 0 Å². The van der Waals surface area contributed by atoms with Gasteiger partial charge < -0.3 is 5.11 Å². The molecule has 0 radical (unpaired) electrons. The topological polar surface area (TPSA) is 23.5 Å². The third-order valence-electron chi connectivity index (χ3n) is 2.73. The molecule has 0 aromatic rings. The smallest absolute Gasteiger partial charge is 0.129 e. The van der Waals surface area contributed by atoms with Crippen molar-refractivity contribution in [2.24, 2.45) is 5.92 Å². The lowest BCUT2D eigenvalue weighted by atomic mass is 9.83. The molecule has 0 spiro atoms. The SMILES string of the molecule is C=C1C2CCN(CC2)C1O. The van der Waals surface area contributed by atoms with Crippen LogP contribution in [0.5, 0.6) is 0 Å². The molecule has 0 aromatic heterocycles. The number of piperidine rings is 3. The van der Waals surface area contributed by atoms with Gasteiger partial charge in [-0.2, -0.15) is 0 Å². The summed E-state index contributed by atoms with van der Waals surface area (Å²) in [5.74, 6) is 0.611. The number of nitrogens with zero attached hydrogens (tertiary/aromatic N) is 1. The van der Waals surface area contributed by atoms with Crippen LogP contribution in [0.25, 0.3) is 0 Å². The molecule has 3 rings (SSSR count). The largest absolute Gasteiger partial charge is 0.374 e. The molecule has 0 amide bonds. The van der Waals surface area contributed by atoms with Gasteiger partial charge in [-0.25, -0.2) is 0 Å². The maximum atomic E-state index is 9.49. The highest BCUT2D eigenvalue weighted by Crippen LogP contribution is 2.33. The monoisotopic (exact) mass is 139 g/mol. The summed E-state index contributed by atoms with van der Waals surface area (Å²) in [5.41, 5.74) is 1.04. The highest BCUT2D eigenvalue weighted by atomic mass is 16.3. The molecule has 10 heavy (non-hydrogen) atoms. The predicted molar refractivity (Wildman–Crippen MR) is 39.4 cm³/mol. The van der Waals surface area contributed by atoms with E-state index in [-0.39, 0.29) is 6.23 Å². The fourth-order valence-corrected chi connectivity index (χ4v) is 1.96. The van der Waals surface area contributed by atoms with Crippen LogP contribution in [-0.4, -0.2) is 29.3 Å². The van der Waals surface area contributed by atoms with Gasteiger partial charge in [-0.05, 0) is 24.3 Å². The van der Waals surface area contributed by atoms with E-state index in [2.05, 4.69) is 11.5 Å². The van der Waals surface area contributed by atoms with Gasteiger partial charge in [0.2, 0.25) is 0 Å². The zero-order valence-corrected chi connectivity index (χ0v) is 6.08. The van der Waals surface area contributed by atoms with Crippen molar-refractivity contribution in [1.82, 2.24) is 4.90 Å². The normalized spacial score (nSPS) is 46.1. The molecular weight excluding hydrogens is 126 g/mol. The molecule has 1 unspecified atom stereocenters. The van der Waals surface area contributed by atoms with Crippen LogP contribution in [0.1, 0.15) is 12.8 Å². The molecule has 2 nitrogen and oxygen atoms in total. The summed E-state index contributed by atoms with van der Waals surface area (Å²) >= 11 is 0. The molecule has 0 saturated carbocycles. The van der Waals surface area contributed by atoms with E-state index in [4.69, 9.17) is 0 Å². The number of aliphatic hydroxyl groups is 1. The summed E-state index contributed by atoms with van der Waals surface area (Å²) in [5, 5.41) is 9.49. The number of hydrogen-bond donors (Lipinski definition) is 1. The van der Waals surface area contributed by atoms with Crippen LogP contribution in [0.2, 0.25) is 0 Å². The van der Waals surface area contributed by atoms with Crippen LogP contribution in [0, 0.1) is 5.92 Å². The molecule has 3 heterocycles. The predicted octanol–water partition coefficient (Wildman–Crippen LogP) is 0.587. The molecular formula is C8H13NO. The lowest BCUT2D eigenvalue weighted by molar-refractivity contribution is -0.0296. The van der Waals surface area contributed by atoms with Gasteiger partial charge in [-0.1, -0.05) is 6.58 Å². The van der Waals surface area contributed by atoms with E-state index in [0.29, 0.717) is 5.92 Å². The number of fused-ring (bicyclic) bond motifs is 3. The lowest BCUT2D eigenvalue weighted by Gasteiger charge is -2.44. The Morgan fingerprint density at radius 3 is 2.30 bits per heavy atom. The molecule has 0 aromatic carbocycles. The summed E-state index contributed by atoms with van der Waals surface area (Å²) in [4.78, 5) is 2.10. The molecule has 3 aliphatic rings. The van der Waals surface area contributed by atoms with Crippen LogP contribution in [-0.2, 0) is 0 Å². The van der Waals surface area contributed by atoms with Gasteiger partial charge in [-0.3, -0.25) is 4.90 Å². The highest BCUT2D eigenvalue weighted by molar-refractivity contribution is 5.12. The van der Waals surface area contributed by atoms with Gasteiger partial charge in [0.1, 0.15) is 6.23 Å². The maximum Gasteiger partial charge on any atom is 0.129 e. The van der Waals surface area contributed by atoms with Gasteiger partial charge >= 0.3 is 0 Å². The van der Waals surface area contributed by atoms with Crippen molar-refractivity contribution >= 4 is 0 Å². The van der Waals surface area contributed by atoms with Gasteiger partial charge in [0.05, 0.1) is 0 Å². The first-order valence-corrected chi connectivity index (χ1v) is 3.90. The fraction of sp³-hybridized carbons (Fsp3) is 0.750. The van der Waals surface area contributed by atoms with E-state index in [9.17, 15) is 5.11 Å². The molecule has 56 valence electrons. The number of aliphatic hydroxyl groups excluding tert-OH is 1. The van der Waals surface area contributed by atoms with Gasteiger partial charge in [0.25, 0.3) is 0 Å². The quantitative estimate of drug-likeness (QED) is 0.496. The Kier molecular flexibility index (Phi) is 1.32. The van der Waals surface area contributed by atoms with Crippen LogP contribution < -0.4 is 0 Å². The average Bonchev–Trinajstić information content (AvgIpc) is 2.00. The van der Waals surface area contributed by atoms with Crippen LogP contribution in [0.3, 0.4) is 0 Å². The number of hydrogen-bond acceptors (Lipinski definition) is 2. The highest BCUT2D eigenvalue weighted by Gasteiger charge is 2.35. The van der Waals surface area contributed by atoms with Crippen molar-refractivity contribution in [3.8, 4) is 0 Å². The molecule has 3 saturated heterocycles. The first-order valence-electron chi connectivity index (χ1n) is 3.90. The molecule has 1 atom stereocenters. The van der Waals surface area contributed by atoms with E-state index >= 15 is 0 Å². The number of rotatable bonds is 0. The molecule has 0 aliphatic carbocycles. The Bertz CT molecular complexity index is 155. The summed E-state index contributed by atoms with van der Waals surface area (Å²) in [6.45, 7) is 6.01. The summed E-state index contributed by atoms with van der Waals surface area (Å²) in [7, 11) is 0. The van der Waals surface area contributed by atoms with Crippen molar-refractivity contribution in [3.63, 3.8) is 0 Å². The van der Waals surface area contributed by atoms with E-state index in [1.165, 1.54) is 12.8 Å². The van der Waals surface area contributed by atoms with Gasteiger partial charge in [0, 0.05) is 13.1 Å². The Morgan fingerprint density at radius 2 is 2.00 bits per heavy atom. The van der Waals surface area contributed by atoms with Crippen molar-refractivity contribution in [1.29, 1.82) is 0 Å². The average molecular weight is 139 g/mol. The van der Waals surface area contributed by atoms with Crippen LogP contribution in [0.15, 0.2) is 12.2 Å². The minimum Gasteiger partial charge on any atom is -0.374 e. The third kappa shape index (κ3) is 0.724. The van der Waals surface area contributed by atoms with E-state index in [1.807, 2.05) is 0 Å². The van der Waals surface area contributed by atoms with E-state index < -0.39 is 0 Å². The van der Waals surface area contributed by atoms with Crippen molar-refractivity contribution in [2.45, 2.75) is 19.1 Å². The Labute approximate surface area is 61.1 Å². The van der Waals surface area contributed by atoms with Crippen LogP contribution >= 0.6 is 0 Å². The summed E-state index contributed by atoms with van der Waals surface area (Å²) < 4.78 is 0. The zero-order valence-electron chi connectivity index (χ0n) is 6.08. The third-order valence-corrected chi connectivity index (χ3v) is 2.73. The standard InChI is InChI=1S/C8H13NO/c1-6-7-2-4-9(5-3-7)8(6)10/h7-8,10H,1-5H2. The molecule has 3 fully saturated rings. The molecule has 1 N–H and O–H groups in total. The Hall–Kier alpha value is -0.340.